The van der Waals surface area contributed by atoms with Crippen molar-refractivity contribution in [1.82, 2.24) is 10.2 Å². The Morgan fingerprint density at radius 3 is 2.42 bits per heavy atom. The predicted molar refractivity (Wildman–Crippen MR) is 96.4 cm³/mol. The summed E-state index contributed by atoms with van der Waals surface area (Å²) in [5, 5.41) is 3.66. The topological polar surface area (TPSA) is 41.6 Å². The lowest BCUT2D eigenvalue weighted by Gasteiger charge is -2.32. The molecular formula is C20H30N2O2. The van der Waals surface area contributed by atoms with Crippen LogP contribution in [0.2, 0.25) is 0 Å². The van der Waals surface area contributed by atoms with E-state index in [1.54, 1.807) is 0 Å². The van der Waals surface area contributed by atoms with Crippen LogP contribution in [0.25, 0.3) is 0 Å². The van der Waals surface area contributed by atoms with Crippen molar-refractivity contribution in [2.45, 2.75) is 52.0 Å². The number of piperidine rings is 1. The van der Waals surface area contributed by atoms with E-state index < -0.39 is 0 Å². The van der Waals surface area contributed by atoms with Crippen LogP contribution in [0.3, 0.4) is 0 Å². The van der Waals surface area contributed by atoms with Gasteiger partial charge in [0, 0.05) is 19.1 Å². The van der Waals surface area contributed by atoms with Gasteiger partial charge in [0.1, 0.15) is 5.75 Å². The van der Waals surface area contributed by atoms with Crippen LogP contribution < -0.4 is 10.1 Å². The second-order valence-corrected chi connectivity index (χ2v) is 7.43. The molecule has 1 aliphatic heterocycles. The van der Waals surface area contributed by atoms with Crippen LogP contribution in [0.5, 0.6) is 5.75 Å². The number of likely N-dealkylation sites (tertiary alicyclic amines) is 1. The highest BCUT2D eigenvalue weighted by Crippen LogP contribution is 2.28. The predicted octanol–water partition coefficient (Wildman–Crippen LogP) is 3.06. The summed E-state index contributed by atoms with van der Waals surface area (Å²) in [5.74, 6) is 2.01. The van der Waals surface area contributed by atoms with Crippen molar-refractivity contribution in [3.8, 4) is 5.75 Å². The summed E-state index contributed by atoms with van der Waals surface area (Å²) < 4.78 is 5.76. The molecule has 4 nitrogen and oxygen atoms in total. The van der Waals surface area contributed by atoms with E-state index in [9.17, 15) is 4.79 Å². The zero-order valence-corrected chi connectivity index (χ0v) is 15.0. The minimum absolute atomic E-state index is 0.222. The van der Waals surface area contributed by atoms with E-state index >= 15 is 0 Å². The summed E-state index contributed by atoms with van der Waals surface area (Å²) in [5.41, 5.74) is 2.38. The third kappa shape index (κ3) is 5.23. The van der Waals surface area contributed by atoms with Gasteiger partial charge in [-0.1, -0.05) is 6.07 Å². The average molecular weight is 330 g/mol. The summed E-state index contributed by atoms with van der Waals surface area (Å²) in [6.07, 6.45) is 5.41. The minimum atomic E-state index is 0.222. The standard InChI is InChI=1S/C20H30N2O2/c1-15-11-16(2)13-19(12-15)24-10-7-20(23)22-8-5-18(6-9-22)21-14-17-3-4-17/h11-13,17-18,21H,3-10,14H2,1-2H3. The van der Waals surface area contributed by atoms with Gasteiger partial charge >= 0.3 is 0 Å². The molecule has 4 heteroatoms. The molecule has 1 aliphatic carbocycles. The van der Waals surface area contributed by atoms with Crippen molar-refractivity contribution < 1.29 is 9.53 Å². The fraction of sp³-hybridized carbons (Fsp3) is 0.650. The first-order valence-corrected chi connectivity index (χ1v) is 9.32. The number of carbonyl (C=O) groups is 1. The highest BCUT2D eigenvalue weighted by Gasteiger charge is 2.25. The Bertz CT molecular complexity index is 541. The lowest BCUT2D eigenvalue weighted by atomic mass is 10.0. The first kappa shape index (κ1) is 17.3. The summed E-state index contributed by atoms with van der Waals surface area (Å²) in [7, 11) is 0. The molecule has 1 N–H and O–H groups in total. The lowest BCUT2D eigenvalue weighted by Crippen LogP contribution is -2.45. The van der Waals surface area contributed by atoms with Crippen LogP contribution in [0.1, 0.15) is 43.2 Å². The van der Waals surface area contributed by atoms with Crippen LogP contribution in [-0.2, 0) is 4.79 Å². The molecule has 0 radical (unpaired) electrons. The number of hydrogen-bond acceptors (Lipinski definition) is 3. The Labute approximate surface area is 145 Å². The maximum Gasteiger partial charge on any atom is 0.225 e. The third-order valence-corrected chi connectivity index (χ3v) is 5.02. The fourth-order valence-electron chi connectivity index (χ4n) is 3.42. The average Bonchev–Trinajstić information content (AvgIpc) is 3.37. The highest BCUT2D eigenvalue weighted by atomic mass is 16.5. The van der Waals surface area contributed by atoms with Gasteiger partial charge < -0.3 is 15.0 Å². The number of nitrogens with one attached hydrogen (secondary N) is 1. The van der Waals surface area contributed by atoms with Crippen molar-refractivity contribution in [3.63, 3.8) is 0 Å². The Hall–Kier alpha value is -1.55. The lowest BCUT2D eigenvalue weighted by molar-refractivity contribution is -0.132. The summed E-state index contributed by atoms with van der Waals surface area (Å²) in [6, 6.07) is 6.77. The number of ether oxygens (including phenoxy) is 1. The number of nitrogens with zero attached hydrogens (tertiary/aromatic N) is 1. The molecule has 1 aromatic carbocycles. The van der Waals surface area contributed by atoms with Crippen molar-refractivity contribution in [1.29, 1.82) is 0 Å². The van der Waals surface area contributed by atoms with Crippen molar-refractivity contribution in [3.05, 3.63) is 29.3 Å². The van der Waals surface area contributed by atoms with E-state index in [1.165, 1.54) is 30.5 Å². The SMILES string of the molecule is Cc1cc(C)cc(OCCC(=O)N2CCC(NCC3CC3)CC2)c1. The van der Waals surface area contributed by atoms with Crippen molar-refractivity contribution in [2.24, 2.45) is 5.92 Å². The molecule has 2 fully saturated rings. The van der Waals surface area contributed by atoms with Gasteiger partial charge in [0.2, 0.25) is 5.91 Å². The van der Waals surface area contributed by atoms with Crippen LogP contribution in [0, 0.1) is 19.8 Å². The molecule has 3 rings (SSSR count). The van der Waals surface area contributed by atoms with Crippen LogP contribution in [-0.4, -0.2) is 43.1 Å². The molecule has 1 saturated carbocycles. The number of benzene rings is 1. The van der Waals surface area contributed by atoms with E-state index in [1.807, 2.05) is 17.0 Å². The number of hydrogen-bond donors (Lipinski definition) is 1. The molecule has 1 heterocycles. The van der Waals surface area contributed by atoms with E-state index in [0.29, 0.717) is 19.1 Å². The fourth-order valence-corrected chi connectivity index (χ4v) is 3.42. The summed E-state index contributed by atoms with van der Waals surface area (Å²) in [4.78, 5) is 14.3. The molecular weight excluding hydrogens is 300 g/mol. The number of amides is 1. The summed E-state index contributed by atoms with van der Waals surface area (Å²) in [6.45, 7) is 7.51. The second-order valence-electron chi connectivity index (χ2n) is 7.43. The van der Waals surface area contributed by atoms with Gasteiger partial charge in [-0.15, -0.1) is 0 Å². The van der Waals surface area contributed by atoms with Gasteiger partial charge in [-0.2, -0.15) is 0 Å². The smallest absolute Gasteiger partial charge is 0.225 e. The maximum atomic E-state index is 12.3. The van der Waals surface area contributed by atoms with Gasteiger partial charge in [-0.25, -0.2) is 0 Å². The second kappa shape index (κ2) is 8.02. The zero-order valence-electron chi connectivity index (χ0n) is 15.0. The maximum absolute atomic E-state index is 12.3. The van der Waals surface area contributed by atoms with Gasteiger partial charge in [0.15, 0.2) is 0 Å². The molecule has 0 atom stereocenters. The van der Waals surface area contributed by atoms with E-state index in [-0.39, 0.29) is 5.91 Å². The molecule has 0 bridgehead atoms. The number of rotatable bonds is 7. The van der Waals surface area contributed by atoms with E-state index in [2.05, 4.69) is 25.2 Å². The van der Waals surface area contributed by atoms with Gasteiger partial charge in [-0.05, 0) is 75.3 Å². The van der Waals surface area contributed by atoms with Gasteiger partial charge in [-0.3, -0.25) is 4.79 Å². The molecule has 1 amide bonds. The molecule has 132 valence electrons. The third-order valence-electron chi connectivity index (χ3n) is 5.02. The van der Waals surface area contributed by atoms with Crippen molar-refractivity contribution in [2.75, 3.05) is 26.2 Å². The number of carbonyl (C=O) groups excluding carboxylic acids is 1. The highest BCUT2D eigenvalue weighted by molar-refractivity contribution is 5.76. The Morgan fingerprint density at radius 1 is 1.12 bits per heavy atom. The minimum Gasteiger partial charge on any atom is -0.493 e. The molecule has 0 unspecified atom stereocenters. The first-order valence-electron chi connectivity index (χ1n) is 9.32. The van der Waals surface area contributed by atoms with Gasteiger partial charge in [0.05, 0.1) is 13.0 Å². The Balaban J connectivity index is 1.34. The van der Waals surface area contributed by atoms with Crippen LogP contribution >= 0.6 is 0 Å². The monoisotopic (exact) mass is 330 g/mol. The largest absolute Gasteiger partial charge is 0.493 e. The zero-order chi connectivity index (χ0) is 16.9. The molecule has 2 aliphatic rings. The summed E-state index contributed by atoms with van der Waals surface area (Å²) >= 11 is 0. The molecule has 0 spiro atoms. The molecule has 1 aromatic rings. The van der Waals surface area contributed by atoms with Crippen molar-refractivity contribution >= 4 is 5.91 Å². The van der Waals surface area contributed by atoms with Crippen LogP contribution in [0.15, 0.2) is 18.2 Å². The van der Waals surface area contributed by atoms with E-state index in [0.717, 1.165) is 37.6 Å². The molecule has 1 saturated heterocycles. The van der Waals surface area contributed by atoms with Crippen LogP contribution in [0.4, 0.5) is 0 Å². The van der Waals surface area contributed by atoms with Gasteiger partial charge in [0.25, 0.3) is 0 Å². The first-order chi connectivity index (χ1) is 11.6. The van der Waals surface area contributed by atoms with E-state index in [4.69, 9.17) is 4.74 Å². The number of aryl methyl sites for hydroxylation is 2. The molecule has 0 aromatic heterocycles. The Kier molecular flexibility index (Phi) is 5.77. The molecule has 24 heavy (non-hydrogen) atoms. The normalized spacial score (nSPS) is 18.7. The quantitative estimate of drug-likeness (QED) is 0.835. The Morgan fingerprint density at radius 2 is 1.79 bits per heavy atom.